The molecule has 0 spiro atoms. The lowest BCUT2D eigenvalue weighted by atomic mass is 10.1. The summed E-state index contributed by atoms with van der Waals surface area (Å²) in [5, 5.41) is 0. The summed E-state index contributed by atoms with van der Waals surface area (Å²) in [6, 6.07) is 0. The summed E-state index contributed by atoms with van der Waals surface area (Å²) in [5.41, 5.74) is 4.87. The van der Waals surface area contributed by atoms with Crippen molar-refractivity contribution in [1.82, 2.24) is 0 Å². The quantitative estimate of drug-likeness (QED) is 0.336. The molecule has 0 amide bonds. The molecule has 0 aromatic rings. The molecule has 0 fully saturated rings. The Labute approximate surface area is 66.9 Å². The average molecular weight is 155 g/mol. The number of hydrogen-bond donors (Lipinski definition) is 1. The van der Waals surface area contributed by atoms with Crippen LogP contribution in [0.5, 0.6) is 0 Å². The summed E-state index contributed by atoms with van der Waals surface area (Å²) in [6.07, 6.45) is 0. The molecule has 0 aliphatic heterocycles. The molecule has 0 aliphatic carbocycles. The molecule has 0 aromatic heterocycles. The maximum Gasteiger partial charge on any atom is 0.384 e. The van der Waals surface area contributed by atoms with Gasteiger partial charge in [0.1, 0.15) is 0 Å². The van der Waals surface area contributed by atoms with Crippen molar-refractivity contribution in [1.29, 1.82) is 0 Å². The molecule has 0 radical (unpaired) electrons. The van der Waals surface area contributed by atoms with Gasteiger partial charge in [-0.05, 0) is 20.8 Å². The van der Waals surface area contributed by atoms with E-state index in [0.29, 0.717) is 6.61 Å². The molecular weight excluding hydrogens is 142 g/mol. The molecule has 0 unspecified atom stereocenters. The van der Waals surface area contributed by atoms with Crippen molar-refractivity contribution in [2.45, 2.75) is 26.3 Å². The van der Waals surface area contributed by atoms with Crippen LogP contribution in [0.15, 0.2) is 0 Å². The van der Waals surface area contributed by atoms with Crippen LogP contribution in [0.25, 0.3) is 0 Å². The van der Waals surface area contributed by atoms with Crippen LogP contribution < -0.4 is 5.73 Å². The predicted molar refractivity (Wildman–Crippen MR) is 42.7 cm³/mol. The third kappa shape index (κ3) is 6.88. The Hall–Kier alpha value is -1.01. The van der Waals surface area contributed by atoms with E-state index in [2.05, 4.69) is 16.6 Å². The molecule has 3 nitrogen and oxygen atoms in total. The van der Waals surface area contributed by atoms with Crippen LogP contribution in [-0.4, -0.2) is 18.1 Å². The maximum absolute atomic E-state index is 10.6. The second-order valence-corrected chi connectivity index (χ2v) is 2.69. The SMILES string of the molecule is CCOC(=O)C#CC(C)(C)N. The van der Waals surface area contributed by atoms with Gasteiger partial charge in [-0.15, -0.1) is 0 Å². The largest absolute Gasteiger partial charge is 0.456 e. The van der Waals surface area contributed by atoms with E-state index >= 15 is 0 Å². The first-order chi connectivity index (χ1) is 4.95. The Bertz CT molecular complexity index is 192. The zero-order chi connectivity index (χ0) is 8.91. The normalized spacial score (nSPS) is 9.82. The highest BCUT2D eigenvalue weighted by Crippen LogP contribution is 1.91. The summed E-state index contributed by atoms with van der Waals surface area (Å²) < 4.78 is 4.57. The van der Waals surface area contributed by atoms with Crippen molar-refractivity contribution in [2.24, 2.45) is 5.73 Å². The molecule has 2 N–H and O–H groups in total. The Morgan fingerprint density at radius 2 is 2.18 bits per heavy atom. The van der Waals surface area contributed by atoms with Gasteiger partial charge in [0.15, 0.2) is 0 Å². The zero-order valence-electron chi connectivity index (χ0n) is 7.10. The highest BCUT2D eigenvalue weighted by atomic mass is 16.5. The van der Waals surface area contributed by atoms with E-state index in [1.54, 1.807) is 20.8 Å². The molecule has 0 heterocycles. The first-order valence-electron chi connectivity index (χ1n) is 3.44. The van der Waals surface area contributed by atoms with E-state index in [1.807, 2.05) is 0 Å². The van der Waals surface area contributed by atoms with Crippen molar-refractivity contribution in [2.75, 3.05) is 6.61 Å². The standard InChI is InChI=1S/C8H13NO2/c1-4-11-7(10)5-6-8(2,3)9/h4,9H2,1-3H3. The highest BCUT2D eigenvalue weighted by Gasteiger charge is 2.04. The van der Waals surface area contributed by atoms with Crippen molar-refractivity contribution in [3.05, 3.63) is 0 Å². The van der Waals surface area contributed by atoms with Gasteiger partial charge < -0.3 is 10.5 Å². The Balaban J connectivity index is 3.98. The van der Waals surface area contributed by atoms with Gasteiger partial charge in [0.25, 0.3) is 0 Å². The molecule has 0 saturated carbocycles. The molecule has 0 aliphatic rings. The van der Waals surface area contributed by atoms with Crippen molar-refractivity contribution < 1.29 is 9.53 Å². The number of ether oxygens (including phenoxy) is 1. The number of hydrogen-bond acceptors (Lipinski definition) is 3. The summed E-state index contributed by atoms with van der Waals surface area (Å²) in [6.45, 7) is 5.52. The van der Waals surface area contributed by atoms with Gasteiger partial charge in [-0.25, -0.2) is 4.79 Å². The van der Waals surface area contributed by atoms with Gasteiger partial charge in [0.2, 0.25) is 0 Å². The monoisotopic (exact) mass is 155 g/mol. The van der Waals surface area contributed by atoms with Crippen LogP contribution >= 0.6 is 0 Å². The molecule has 0 saturated heterocycles. The minimum atomic E-state index is -0.632. The fraction of sp³-hybridized carbons (Fsp3) is 0.625. The van der Waals surface area contributed by atoms with Crippen molar-refractivity contribution in [3.63, 3.8) is 0 Å². The molecule has 0 atom stereocenters. The summed E-state index contributed by atoms with van der Waals surface area (Å²) in [7, 11) is 0. The molecule has 3 heteroatoms. The fourth-order valence-corrected chi connectivity index (χ4v) is 0.379. The van der Waals surface area contributed by atoms with Gasteiger partial charge in [0, 0.05) is 5.92 Å². The third-order valence-corrected chi connectivity index (χ3v) is 0.762. The lowest BCUT2D eigenvalue weighted by molar-refractivity contribution is -0.136. The van der Waals surface area contributed by atoms with E-state index in [-0.39, 0.29) is 0 Å². The van der Waals surface area contributed by atoms with Crippen LogP contribution in [0.4, 0.5) is 0 Å². The van der Waals surface area contributed by atoms with Gasteiger partial charge in [-0.3, -0.25) is 0 Å². The van der Waals surface area contributed by atoms with Gasteiger partial charge in [-0.2, -0.15) is 0 Å². The molecule has 0 rings (SSSR count). The zero-order valence-corrected chi connectivity index (χ0v) is 7.10. The van der Waals surface area contributed by atoms with Crippen LogP contribution in [0, 0.1) is 11.8 Å². The van der Waals surface area contributed by atoms with Crippen molar-refractivity contribution in [3.8, 4) is 11.8 Å². The van der Waals surface area contributed by atoms with E-state index in [4.69, 9.17) is 5.73 Å². The van der Waals surface area contributed by atoms with Crippen molar-refractivity contribution >= 4 is 5.97 Å². The van der Waals surface area contributed by atoms with E-state index in [9.17, 15) is 4.79 Å². The fourth-order valence-electron chi connectivity index (χ4n) is 0.379. The second kappa shape index (κ2) is 3.99. The van der Waals surface area contributed by atoms with Crippen LogP contribution in [-0.2, 0) is 9.53 Å². The van der Waals surface area contributed by atoms with Gasteiger partial charge in [0.05, 0.1) is 12.1 Å². The van der Waals surface area contributed by atoms with E-state index in [1.165, 1.54) is 0 Å². The Morgan fingerprint density at radius 1 is 1.64 bits per heavy atom. The Morgan fingerprint density at radius 3 is 2.55 bits per heavy atom. The Kier molecular flexibility index (Phi) is 3.63. The first kappa shape index (κ1) is 9.99. The number of nitrogens with two attached hydrogens (primary N) is 1. The lowest BCUT2D eigenvalue weighted by Gasteiger charge is -2.06. The average Bonchev–Trinajstić information content (AvgIpc) is 1.83. The molecule has 62 valence electrons. The maximum atomic E-state index is 10.6. The third-order valence-electron chi connectivity index (χ3n) is 0.762. The van der Waals surface area contributed by atoms with Gasteiger partial charge >= 0.3 is 5.97 Å². The minimum Gasteiger partial charge on any atom is -0.456 e. The first-order valence-corrected chi connectivity index (χ1v) is 3.44. The molecule has 0 aromatic carbocycles. The van der Waals surface area contributed by atoms with Crippen LogP contribution in [0.1, 0.15) is 20.8 Å². The number of carbonyl (C=O) groups excluding carboxylic acids is 1. The number of esters is 1. The molecule has 0 bridgehead atoms. The number of carbonyl (C=O) groups is 1. The molecular formula is C8H13NO2. The van der Waals surface area contributed by atoms with Gasteiger partial charge in [-0.1, -0.05) is 5.92 Å². The highest BCUT2D eigenvalue weighted by molar-refractivity contribution is 5.88. The summed E-state index contributed by atoms with van der Waals surface area (Å²) in [4.78, 5) is 10.6. The minimum absolute atomic E-state index is 0.346. The lowest BCUT2D eigenvalue weighted by Crippen LogP contribution is -2.29. The van der Waals surface area contributed by atoms with Crippen LogP contribution in [0.2, 0.25) is 0 Å². The van der Waals surface area contributed by atoms with E-state index in [0.717, 1.165) is 0 Å². The smallest absolute Gasteiger partial charge is 0.384 e. The number of rotatable bonds is 1. The second-order valence-electron chi connectivity index (χ2n) is 2.69. The predicted octanol–water partition coefficient (Wildman–Crippen LogP) is 0.290. The summed E-state index contributed by atoms with van der Waals surface area (Å²) >= 11 is 0. The summed E-state index contributed by atoms with van der Waals surface area (Å²) in [5.74, 6) is 4.32. The van der Waals surface area contributed by atoms with E-state index < -0.39 is 11.5 Å². The molecule has 11 heavy (non-hydrogen) atoms. The van der Waals surface area contributed by atoms with Crippen LogP contribution in [0.3, 0.4) is 0 Å². The topological polar surface area (TPSA) is 52.3 Å².